The molecule has 0 aromatic carbocycles. The molecule has 0 saturated carbocycles. The normalized spacial score (nSPS) is 23.1. The van der Waals surface area contributed by atoms with Crippen LogP contribution in [0.25, 0.3) is 0 Å². The monoisotopic (exact) mass is 281 g/mol. The lowest BCUT2D eigenvalue weighted by Gasteiger charge is -2.36. The van der Waals surface area contributed by atoms with Gasteiger partial charge in [-0.15, -0.1) is 0 Å². The standard InChI is InChI=1S/C14H20ClN3O/c1-2-5-14(6-3-7-16-10-14)13(19)18-11-4-8-17-12(15)9-11/h4,8-9,16H,2-3,5-7,10H2,1H3,(H,17,18,19). The van der Waals surface area contributed by atoms with E-state index in [1.807, 2.05) is 0 Å². The van der Waals surface area contributed by atoms with E-state index in [2.05, 4.69) is 22.5 Å². The van der Waals surface area contributed by atoms with E-state index in [0.717, 1.165) is 38.8 Å². The van der Waals surface area contributed by atoms with Crippen LogP contribution in [0.4, 0.5) is 5.69 Å². The second-order valence-electron chi connectivity index (χ2n) is 5.13. The predicted molar refractivity (Wildman–Crippen MR) is 77.3 cm³/mol. The molecule has 2 heterocycles. The number of anilines is 1. The van der Waals surface area contributed by atoms with Gasteiger partial charge in [0, 0.05) is 18.4 Å². The Balaban J connectivity index is 2.11. The molecule has 1 amide bonds. The van der Waals surface area contributed by atoms with Crippen molar-refractivity contribution in [2.45, 2.75) is 32.6 Å². The Morgan fingerprint density at radius 2 is 2.47 bits per heavy atom. The number of pyridine rings is 1. The van der Waals surface area contributed by atoms with E-state index in [-0.39, 0.29) is 11.3 Å². The van der Waals surface area contributed by atoms with Gasteiger partial charge in [-0.25, -0.2) is 4.98 Å². The molecule has 1 aromatic rings. The Bertz CT molecular complexity index is 439. The van der Waals surface area contributed by atoms with Crippen LogP contribution in [0.15, 0.2) is 18.3 Å². The molecule has 0 spiro atoms. The van der Waals surface area contributed by atoms with Crippen molar-refractivity contribution in [3.63, 3.8) is 0 Å². The van der Waals surface area contributed by atoms with Crippen LogP contribution in [0.3, 0.4) is 0 Å². The third-order valence-corrected chi connectivity index (χ3v) is 3.87. The van der Waals surface area contributed by atoms with Crippen LogP contribution in [0.2, 0.25) is 5.15 Å². The second-order valence-corrected chi connectivity index (χ2v) is 5.52. The molecule has 2 N–H and O–H groups in total. The summed E-state index contributed by atoms with van der Waals surface area (Å²) in [5.74, 6) is 0.0869. The average Bonchev–Trinajstić information content (AvgIpc) is 2.40. The van der Waals surface area contributed by atoms with Crippen molar-refractivity contribution in [1.29, 1.82) is 0 Å². The number of amides is 1. The van der Waals surface area contributed by atoms with E-state index in [4.69, 9.17) is 11.6 Å². The number of hydrogen-bond donors (Lipinski definition) is 2. The van der Waals surface area contributed by atoms with Crippen molar-refractivity contribution in [3.05, 3.63) is 23.5 Å². The van der Waals surface area contributed by atoms with Gasteiger partial charge in [-0.05, 0) is 37.9 Å². The van der Waals surface area contributed by atoms with Crippen molar-refractivity contribution < 1.29 is 4.79 Å². The van der Waals surface area contributed by atoms with Crippen LogP contribution in [-0.4, -0.2) is 24.0 Å². The molecule has 1 unspecified atom stereocenters. The first kappa shape index (κ1) is 14.3. The molecule has 1 saturated heterocycles. The molecule has 0 aliphatic carbocycles. The zero-order chi connectivity index (χ0) is 13.7. The van der Waals surface area contributed by atoms with Gasteiger partial charge in [0.25, 0.3) is 0 Å². The second kappa shape index (κ2) is 6.35. The molecular formula is C14H20ClN3O. The quantitative estimate of drug-likeness (QED) is 0.835. The van der Waals surface area contributed by atoms with Crippen molar-refractivity contribution >= 4 is 23.2 Å². The number of aromatic nitrogens is 1. The summed E-state index contributed by atoms with van der Waals surface area (Å²) in [7, 11) is 0. The molecule has 0 radical (unpaired) electrons. The lowest BCUT2D eigenvalue weighted by atomic mass is 9.76. The van der Waals surface area contributed by atoms with Crippen LogP contribution in [-0.2, 0) is 4.79 Å². The van der Waals surface area contributed by atoms with Crippen LogP contribution in [0.5, 0.6) is 0 Å². The van der Waals surface area contributed by atoms with Crippen LogP contribution in [0, 0.1) is 5.41 Å². The van der Waals surface area contributed by atoms with Gasteiger partial charge in [0.2, 0.25) is 5.91 Å². The number of halogens is 1. The molecule has 1 fully saturated rings. The minimum absolute atomic E-state index is 0.0869. The first-order valence-electron chi connectivity index (χ1n) is 6.80. The molecule has 19 heavy (non-hydrogen) atoms. The summed E-state index contributed by atoms with van der Waals surface area (Å²) in [5.41, 5.74) is 0.425. The molecule has 1 aromatic heterocycles. The lowest BCUT2D eigenvalue weighted by Crippen LogP contribution is -2.48. The fraction of sp³-hybridized carbons (Fsp3) is 0.571. The molecule has 0 bridgehead atoms. The smallest absolute Gasteiger partial charge is 0.231 e. The molecule has 104 valence electrons. The van der Waals surface area contributed by atoms with Gasteiger partial charge in [-0.1, -0.05) is 24.9 Å². The van der Waals surface area contributed by atoms with Crippen LogP contribution >= 0.6 is 11.6 Å². The number of carbonyl (C=O) groups excluding carboxylic acids is 1. The third-order valence-electron chi connectivity index (χ3n) is 3.67. The summed E-state index contributed by atoms with van der Waals surface area (Å²) < 4.78 is 0. The van der Waals surface area contributed by atoms with E-state index in [0.29, 0.717) is 10.8 Å². The highest BCUT2D eigenvalue weighted by atomic mass is 35.5. The summed E-state index contributed by atoms with van der Waals surface area (Å²) in [6.07, 6.45) is 5.50. The number of rotatable bonds is 4. The Morgan fingerprint density at radius 1 is 1.63 bits per heavy atom. The van der Waals surface area contributed by atoms with E-state index in [1.54, 1.807) is 18.3 Å². The Hall–Kier alpha value is -1.13. The summed E-state index contributed by atoms with van der Waals surface area (Å²) in [6.45, 7) is 3.87. The highest BCUT2D eigenvalue weighted by molar-refractivity contribution is 6.29. The average molecular weight is 282 g/mol. The van der Waals surface area contributed by atoms with Crippen molar-refractivity contribution in [3.8, 4) is 0 Å². The summed E-state index contributed by atoms with van der Waals surface area (Å²) in [5, 5.41) is 6.71. The Labute approximate surface area is 118 Å². The van der Waals surface area contributed by atoms with Crippen LogP contribution in [0.1, 0.15) is 32.6 Å². The topological polar surface area (TPSA) is 54.0 Å². The molecule has 1 atom stereocenters. The number of piperidine rings is 1. The van der Waals surface area contributed by atoms with E-state index in [1.165, 1.54) is 0 Å². The predicted octanol–water partition coefficient (Wildman–Crippen LogP) is 2.84. The molecular weight excluding hydrogens is 262 g/mol. The minimum atomic E-state index is -0.289. The minimum Gasteiger partial charge on any atom is -0.325 e. The van der Waals surface area contributed by atoms with Gasteiger partial charge in [-0.3, -0.25) is 4.79 Å². The highest BCUT2D eigenvalue weighted by Gasteiger charge is 2.38. The van der Waals surface area contributed by atoms with E-state index in [9.17, 15) is 4.79 Å². The van der Waals surface area contributed by atoms with E-state index < -0.39 is 0 Å². The molecule has 2 rings (SSSR count). The summed E-state index contributed by atoms with van der Waals surface area (Å²) in [6, 6.07) is 3.44. The Morgan fingerprint density at radius 3 is 3.11 bits per heavy atom. The fourth-order valence-electron chi connectivity index (χ4n) is 2.71. The zero-order valence-corrected chi connectivity index (χ0v) is 12.0. The molecule has 5 heteroatoms. The molecule has 1 aliphatic heterocycles. The maximum atomic E-state index is 12.6. The number of nitrogens with zero attached hydrogens (tertiary/aromatic N) is 1. The van der Waals surface area contributed by atoms with Crippen molar-refractivity contribution in [1.82, 2.24) is 10.3 Å². The molecule has 4 nitrogen and oxygen atoms in total. The van der Waals surface area contributed by atoms with Gasteiger partial charge in [0.15, 0.2) is 0 Å². The van der Waals surface area contributed by atoms with Crippen LogP contribution < -0.4 is 10.6 Å². The maximum Gasteiger partial charge on any atom is 0.231 e. The van der Waals surface area contributed by atoms with Gasteiger partial charge in [-0.2, -0.15) is 0 Å². The summed E-state index contributed by atoms with van der Waals surface area (Å²) >= 11 is 5.84. The maximum absolute atomic E-state index is 12.6. The summed E-state index contributed by atoms with van der Waals surface area (Å²) in [4.78, 5) is 16.5. The Kier molecular flexibility index (Phi) is 4.77. The lowest BCUT2D eigenvalue weighted by molar-refractivity contribution is -0.127. The first-order valence-corrected chi connectivity index (χ1v) is 7.18. The molecule has 1 aliphatic rings. The SMILES string of the molecule is CCCC1(C(=O)Nc2ccnc(Cl)c2)CCCNC1. The number of carbonyl (C=O) groups is 1. The van der Waals surface area contributed by atoms with Gasteiger partial charge >= 0.3 is 0 Å². The zero-order valence-electron chi connectivity index (χ0n) is 11.2. The van der Waals surface area contributed by atoms with E-state index >= 15 is 0 Å². The largest absolute Gasteiger partial charge is 0.325 e. The number of hydrogen-bond acceptors (Lipinski definition) is 3. The van der Waals surface area contributed by atoms with Gasteiger partial charge < -0.3 is 10.6 Å². The first-order chi connectivity index (χ1) is 9.16. The van der Waals surface area contributed by atoms with Gasteiger partial charge in [0.05, 0.1) is 5.41 Å². The highest BCUT2D eigenvalue weighted by Crippen LogP contribution is 2.33. The fourth-order valence-corrected chi connectivity index (χ4v) is 2.88. The van der Waals surface area contributed by atoms with Crippen molar-refractivity contribution in [2.75, 3.05) is 18.4 Å². The van der Waals surface area contributed by atoms with Crippen molar-refractivity contribution in [2.24, 2.45) is 5.41 Å². The third kappa shape index (κ3) is 3.45. The van der Waals surface area contributed by atoms with Gasteiger partial charge in [0.1, 0.15) is 5.15 Å². The number of nitrogens with one attached hydrogen (secondary N) is 2.